The maximum Gasteiger partial charge on any atom is 0.303 e. The maximum absolute atomic E-state index is 13.9. The molecule has 7 heteroatoms. The monoisotopic (exact) mass is 386 g/mol. The highest BCUT2D eigenvalue weighted by molar-refractivity contribution is 7.14. The Morgan fingerprint density at radius 3 is 2.56 bits per heavy atom. The first-order chi connectivity index (χ1) is 13.0. The van der Waals surface area contributed by atoms with Gasteiger partial charge in [0.25, 0.3) is 0 Å². The maximum atomic E-state index is 13.9. The fourth-order valence-corrected chi connectivity index (χ4v) is 3.57. The van der Waals surface area contributed by atoms with Crippen molar-refractivity contribution in [3.8, 4) is 11.3 Å². The number of hydrogen-bond donors (Lipinski definition) is 3. The number of rotatable bonds is 8. The second kappa shape index (κ2) is 8.28. The molecule has 140 valence electrons. The fourth-order valence-electron chi connectivity index (χ4n) is 2.77. The lowest BCUT2D eigenvalue weighted by Crippen LogP contribution is -2.41. The van der Waals surface area contributed by atoms with E-state index in [1.165, 1.54) is 17.4 Å². The Balaban J connectivity index is 1.81. The summed E-state index contributed by atoms with van der Waals surface area (Å²) in [4.78, 5) is 15.3. The van der Waals surface area contributed by atoms with Gasteiger partial charge in [-0.05, 0) is 17.7 Å². The number of benzene rings is 2. The molecule has 2 aromatic carbocycles. The van der Waals surface area contributed by atoms with E-state index in [1.54, 1.807) is 23.6 Å². The van der Waals surface area contributed by atoms with Gasteiger partial charge in [-0.3, -0.25) is 4.79 Å². The van der Waals surface area contributed by atoms with Crippen LogP contribution in [-0.4, -0.2) is 26.9 Å². The average molecular weight is 386 g/mol. The summed E-state index contributed by atoms with van der Waals surface area (Å²) in [6.07, 6.45) is 0.0312. The van der Waals surface area contributed by atoms with Crippen molar-refractivity contribution in [1.29, 1.82) is 0 Å². The molecule has 0 aliphatic rings. The number of aliphatic hydroxyl groups is 1. The highest BCUT2D eigenvalue weighted by atomic mass is 32.1. The molecule has 5 nitrogen and oxygen atoms in total. The lowest BCUT2D eigenvalue weighted by Gasteiger charge is -2.29. The molecule has 0 saturated carbocycles. The molecule has 0 aliphatic carbocycles. The lowest BCUT2D eigenvalue weighted by molar-refractivity contribution is -0.138. The summed E-state index contributed by atoms with van der Waals surface area (Å²) >= 11 is 1.23. The first kappa shape index (κ1) is 19.0. The number of carboxylic acids is 1. The van der Waals surface area contributed by atoms with E-state index in [-0.39, 0.29) is 25.1 Å². The largest absolute Gasteiger partial charge is 0.481 e. The number of aromatic nitrogens is 1. The van der Waals surface area contributed by atoms with Gasteiger partial charge in [-0.15, -0.1) is 11.3 Å². The summed E-state index contributed by atoms with van der Waals surface area (Å²) in [5.74, 6) is -1.37. The number of halogens is 1. The van der Waals surface area contributed by atoms with Gasteiger partial charge in [-0.25, -0.2) is 9.37 Å². The smallest absolute Gasteiger partial charge is 0.303 e. The zero-order valence-corrected chi connectivity index (χ0v) is 15.2. The minimum Gasteiger partial charge on any atom is -0.481 e. The lowest BCUT2D eigenvalue weighted by atomic mass is 9.98. The molecule has 1 aromatic heterocycles. The Morgan fingerprint density at radius 2 is 1.85 bits per heavy atom. The molecule has 27 heavy (non-hydrogen) atoms. The molecule has 0 fully saturated rings. The molecule has 0 bridgehead atoms. The Bertz CT molecular complexity index is 916. The molecule has 1 atom stereocenters. The number of thiazole rings is 1. The number of carboxylic acid groups (broad SMARTS) is 1. The van der Waals surface area contributed by atoms with Gasteiger partial charge >= 0.3 is 5.97 Å². The van der Waals surface area contributed by atoms with Crippen molar-refractivity contribution < 1.29 is 19.4 Å². The van der Waals surface area contributed by atoms with Crippen LogP contribution in [0.3, 0.4) is 0 Å². The molecule has 0 radical (unpaired) electrons. The minimum atomic E-state index is -1.48. The van der Waals surface area contributed by atoms with Crippen LogP contribution in [0.4, 0.5) is 9.52 Å². The third kappa shape index (κ3) is 5.12. The van der Waals surface area contributed by atoms with E-state index in [2.05, 4.69) is 10.3 Å². The number of nitrogens with zero attached hydrogens (tertiary/aromatic N) is 1. The Hall–Kier alpha value is -2.77. The van der Waals surface area contributed by atoms with Crippen LogP contribution in [0.5, 0.6) is 0 Å². The first-order valence-corrected chi connectivity index (χ1v) is 9.30. The third-order valence-corrected chi connectivity index (χ3v) is 4.84. The number of hydrogen-bond acceptors (Lipinski definition) is 5. The number of carbonyl (C=O) groups is 1. The van der Waals surface area contributed by atoms with Crippen LogP contribution in [0.15, 0.2) is 60.0 Å². The van der Waals surface area contributed by atoms with Crippen molar-refractivity contribution in [3.05, 3.63) is 71.4 Å². The summed E-state index contributed by atoms with van der Waals surface area (Å²) in [6.45, 7) is 0. The molecular weight excluding hydrogens is 367 g/mol. The van der Waals surface area contributed by atoms with Crippen LogP contribution >= 0.6 is 11.3 Å². The predicted octanol–water partition coefficient (Wildman–Crippen LogP) is 4.16. The molecule has 3 aromatic rings. The summed E-state index contributed by atoms with van der Waals surface area (Å²) in [5.41, 5.74) is 0.216. The van der Waals surface area contributed by atoms with Crippen molar-refractivity contribution in [2.75, 3.05) is 5.32 Å². The van der Waals surface area contributed by atoms with Gasteiger partial charge in [0.05, 0.1) is 5.69 Å². The zero-order chi connectivity index (χ0) is 19.3. The van der Waals surface area contributed by atoms with E-state index in [0.717, 1.165) is 5.56 Å². The predicted molar refractivity (Wildman–Crippen MR) is 103 cm³/mol. The van der Waals surface area contributed by atoms with Gasteiger partial charge in [-0.1, -0.05) is 42.5 Å². The molecule has 1 heterocycles. The van der Waals surface area contributed by atoms with Crippen molar-refractivity contribution in [2.45, 2.75) is 25.0 Å². The molecule has 0 amide bonds. The minimum absolute atomic E-state index is 0.00579. The van der Waals surface area contributed by atoms with Gasteiger partial charge in [-0.2, -0.15) is 0 Å². The Kier molecular flexibility index (Phi) is 5.83. The van der Waals surface area contributed by atoms with Gasteiger partial charge in [0.1, 0.15) is 11.5 Å². The van der Waals surface area contributed by atoms with E-state index in [9.17, 15) is 14.3 Å². The second-order valence-electron chi connectivity index (χ2n) is 6.23. The average Bonchev–Trinajstić information content (AvgIpc) is 3.09. The van der Waals surface area contributed by atoms with Crippen LogP contribution in [0.2, 0.25) is 0 Å². The summed E-state index contributed by atoms with van der Waals surface area (Å²) in [6, 6.07) is 15.6. The topological polar surface area (TPSA) is 82.5 Å². The highest BCUT2D eigenvalue weighted by Gasteiger charge is 2.29. The van der Waals surface area contributed by atoms with Crippen LogP contribution < -0.4 is 5.32 Å². The zero-order valence-electron chi connectivity index (χ0n) is 14.4. The quantitative estimate of drug-likeness (QED) is 0.507. The van der Waals surface area contributed by atoms with Gasteiger partial charge in [0, 0.05) is 30.2 Å². The molecule has 0 unspecified atom stereocenters. The molecular formula is C20H19FN2O3S. The number of anilines is 1. The standard InChI is InChI=1S/C20H19FN2O3S/c21-16-9-5-4-8-15(16)17-13-27-19(22-17)23-20(26,11-10-18(24)25)12-14-6-2-1-3-7-14/h1-9,13,26H,10-12H2,(H,22,23)(H,24,25)/t20-/m1/s1. The summed E-state index contributed by atoms with van der Waals surface area (Å²) in [5, 5.41) is 25.1. The Labute approximate surface area is 160 Å². The van der Waals surface area contributed by atoms with Crippen molar-refractivity contribution in [2.24, 2.45) is 0 Å². The summed E-state index contributed by atoms with van der Waals surface area (Å²) < 4.78 is 13.9. The van der Waals surface area contributed by atoms with Gasteiger partial charge in [0.15, 0.2) is 5.13 Å². The van der Waals surface area contributed by atoms with E-state index in [1.807, 2.05) is 30.3 Å². The first-order valence-electron chi connectivity index (χ1n) is 8.42. The second-order valence-corrected chi connectivity index (χ2v) is 7.09. The number of aliphatic carboxylic acids is 1. The van der Waals surface area contributed by atoms with E-state index < -0.39 is 11.7 Å². The normalized spacial score (nSPS) is 13.1. The van der Waals surface area contributed by atoms with Crippen molar-refractivity contribution in [3.63, 3.8) is 0 Å². The van der Waals surface area contributed by atoms with Crippen LogP contribution in [0.1, 0.15) is 18.4 Å². The van der Waals surface area contributed by atoms with Gasteiger partial charge < -0.3 is 15.5 Å². The van der Waals surface area contributed by atoms with E-state index >= 15 is 0 Å². The SMILES string of the molecule is O=C(O)CC[C@@](O)(Cc1ccccc1)Nc1nc(-c2ccccc2F)cs1. The molecule has 3 rings (SSSR count). The van der Waals surface area contributed by atoms with E-state index in [4.69, 9.17) is 5.11 Å². The van der Waals surface area contributed by atoms with E-state index in [0.29, 0.717) is 16.4 Å². The molecule has 0 saturated heterocycles. The van der Waals surface area contributed by atoms with Gasteiger partial charge in [0.2, 0.25) is 0 Å². The van der Waals surface area contributed by atoms with Crippen LogP contribution in [0, 0.1) is 5.82 Å². The molecule has 3 N–H and O–H groups in total. The fraction of sp³-hybridized carbons (Fsp3) is 0.200. The van der Waals surface area contributed by atoms with Crippen LogP contribution in [-0.2, 0) is 11.2 Å². The van der Waals surface area contributed by atoms with Crippen molar-refractivity contribution >= 4 is 22.4 Å². The Morgan fingerprint density at radius 1 is 1.15 bits per heavy atom. The summed E-state index contributed by atoms with van der Waals surface area (Å²) in [7, 11) is 0. The molecule has 0 aliphatic heterocycles. The number of nitrogens with one attached hydrogen (secondary N) is 1. The van der Waals surface area contributed by atoms with Crippen molar-refractivity contribution in [1.82, 2.24) is 4.98 Å². The highest BCUT2D eigenvalue weighted by Crippen LogP contribution is 2.30. The molecule has 0 spiro atoms. The van der Waals surface area contributed by atoms with Crippen LogP contribution in [0.25, 0.3) is 11.3 Å². The third-order valence-electron chi connectivity index (χ3n) is 4.09.